The number of carboxylic acids is 1. The first-order chi connectivity index (χ1) is 14.2. The Morgan fingerprint density at radius 2 is 1.87 bits per heavy atom. The van der Waals surface area contributed by atoms with Crippen LogP contribution in [-0.2, 0) is 4.74 Å². The van der Waals surface area contributed by atoms with E-state index in [1.54, 1.807) is 31.2 Å². The molecule has 2 heterocycles. The zero-order chi connectivity index (χ0) is 22.0. The highest BCUT2D eigenvalue weighted by molar-refractivity contribution is 6.00. The molecular formula is C19H17N5O6. The van der Waals surface area contributed by atoms with Crippen LogP contribution in [0.3, 0.4) is 0 Å². The summed E-state index contributed by atoms with van der Waals surface area (Å²) < 4.78 is 5.70. The van der Waals surface area contributed by atoms with E-state index in [4.69, 9.17) is 5.73 Å². The van der Waals surface area contributed by atoms with Gasteiger partial charge in [0.25, 0.3) is 11.8 Å². The zero-order valence-corrected chi connectivity index (χ0v) is 15.9. The van der Waals surface area contributed by atoms with Crippen molar-refractivity contribution in [2.24, 2.45) is 5.73 Å². The molecule has 0 aliphatic rings. The van der Waals surface area contributed by atoms with E-state index in [0.717, 1.165) is 16.8 Å². The maximum absolute atomic E-state index is 12.7. The van der Waals surface area contributed by atoms with Crippen LogP contribution in [0.4, 0.5) is 0 Å². The third-order valence-electron chi connectivity index (χ3n) is 4.37. The molecule has 30 heavy (non-hydrogen) atoms. The summed E-state index contributed by atoms with van der Waals surface area (Å²) in [7, 11) is 1.28. The lowest BCUT2D eigenvalue weighted by Gasteiger charge is -2.15. The van der Waals surface area contributed by atoms with Gasteiger partial charge in [-0.1, -0.05) is 12.1 Å². The van der Waals surface area contributed by atoms with Crippen LogP contribution in [0.5, 0.6) is 0 Å². The number of nitrogens with zero attached hydrogens (tertiary/aromatic N) is 3. The number of primary amides is 1. The number of carboxylic acid groups (broad SMARTS) is 1. The van der Waals surface area contributed by atoms with E-state index < -0.39 is 29.8 Å². The molecular weight excluding hydrogens is 394 g/mol. The summed E-state index contributed by atoms with van der Waals surface area (Å²) in [5, 5.41) is 12.1. The maximum Gasteiger partial charge on any atom is 0.353 e. The second kappa shape index (κ2) is 7.99. The summed E-state index contributed by atoms with van der Waals surface area (Å²) in [6, 6.07) is 7.00. The maximum atomic E-state index is 12.7. The molecule has 0 aliphatic carbocycles. The van der Waals surface area contributed by atoms with E-state index >= 15 is 0 Å². The van der Waals surface area contributed by atoms with Gasteiger partial charge in [-0.2, -0.15) is 0 Å². The van der Waals surface area contributed by atoms with Crippen LogP contribution in [0.2, 0.25) is 0 Å². The summed E-state index contributed by atoms with van der Waals surface area (Å²) in [4.78, 5) is 55.1. The average molecular weight is 411 g/mol. The number of aromatic nitrogens is 3. The first-order valence-electron chi connectivity index (χ1n) is 8.63. The molecule has 11 heteroatoms. The van der Waals surface area contributed by atoms with Crippen LogP contribution in [-0.4, -0.2) is 50.3 Å². The molecule has 11 nitrogen and oxygen atoms in total. The highest BCUT2D eigenvalue weighted by Gasteiger charge is 2.22. The van der Waals surface area contributed by atoms with Crippen molar-refractivity contribution < 1.29 is 29.0 Å². The quantitative estimate of drug-likeness (QED) is 0.501. The van der Waals surface area contributed by atoms with E-state index in [1.807, 2.05) is 0 Å². The van der Waals surface area contributed by atoms with E-state index in [9.17, 15) is 24.3 Å². The Hall–Kier alpha value is -4.28. The van der Waals surface area contributed by atoms with E-state index in [2.05, 4.69) is 20.0 Å². The Bertz CT molecular complexity index is 1170. The van der Waals surface area contributed by atoms with Crippen molar-refractivity contribution in [1.29, 1.82) is 0 Å². The molecule has 3 rings (SSSR count). The largest absolute Gasteiger partial charge is 0.477 e. The molecule has 0 spiro atoms. The van der Waals surface area contributed by atoms with Crippen LogP contribution < -0.4 is 11.1 Å². The number of carbonyl (C=O) groups excluding carboxylic acids is 3. The monoisotopic (exact) mass is 411 g/mol. The number of hydrogen-bond acceptors (Lipinski definition) is 7. The summed E-state index contributed by atoms with van der Waals surface area (Å²) in [6.07, 6.45) is 1.10. The number of ether oxygens (including phenoxy) is 1. The van der Waals surface area contributed by atoms with Crippen LogP contribution in [0.15, 0.2) is 36.7 Å². The first kappa shape index (κ1) is 20.5. The Balaban J connectivity index is 1.90. The van der Waals surface area contributed by atoms with Gasteiger partial charge < -0.3 is 20.9 Å². The van der Waals surface area contributed by atoms with Crippen molar-refractivity contribution in [3.05, 3.63) is 64.9 Å². The normalized spacial score (nSPS) is 11.7. The molecule has 0 fully saturated rings. The molecule has 2 amide bonds. The molecule has 0 aliphatic heterocycles. The third-order valence-corrected chi connectivity index (χ3v) is 4.37. The fourth-order valence-corrected chi connectivity index (χ4v) is 2.81. The lowest BCUT2D eigenvalue weighted by atomic mass is 10.1. The lowest BCUT2D eigenvalue weighted by molar-refractivity contribution is 0.0599. The molecule has 0 saturated heterocycles. The number of esters is 1. The molecule has 4 N–H and O–H groups in total. The SMILES string of the molecule is COC(=O)c1ccc([C@@H](C)NC(=O)c2cc(C(=O)O)n3cnc(C(N)=O)c3n2)cc1. The zero-order valence-electron chi connectivity index (χ0n) is 15.9. The fourth-order valence-electron chi connectivity index (χ4n) is 2.81. The second-order valence-electron chi connectivity index (χ2n) is 6.29. The molecule has 0 unspecified atom stereocenters. The standard InChI is InChI=1S/C19H17N5O6/c1-9(10-3-5-11(6-4-10)19(29)30-2)22-17(26)12-7-13(18(27)28)24-8-21-14(15(20)25)16(24)23-12/h3-9H,1-2H3,(H2,20,25)(H,22,26)(H,27,28)/t9-/m1/s1. The molecule has 0 bridgehead atoms. The molecule has 1 aromatic carbocycles. The number of methoxy groups -OCH3 is 1. The third kappa shape index (κ3) is 3.81. The molecule has 2 aromatic heterocycles. The highest BCUT2D eigenvalue weighted by atomic mass is 16.5. The van der Waals surface area contributed by atoms with Gasteiger partial charge >= 0.3 is 11.9 Å². The number of aromatic carboxylic acids is 1. The first-order valence-corrected chi connectivity index (χ1v) is 8.63. The summed E-state index contributed by atoms with van der Waals surface area (Å²) in [5.74, 6) is -3.39. The van der Waals surface area contributed by atoms with Crippen molar-refractivity contribution in [1.82, 2.24) is 19.7 Å². The highest BCUT2D eigenvalue weighted by Crippen LogP contribution is 2.16. The van der Waals surface area contributed by atoms with Crippen LogP contribution >= 0.6 is 0 Å². The predicted octanol–water partition coefficient (Wildman–Crippen LogP) is 0.804. The topological polar surface area (TPSA) is 166 Å². The number of hydrogen-bond donors (Lipinski definition) is 3. The number of nitrogens with two attached hydrogens (primary N) is 1. The van der Waals surface area contributed by atoms with Crippen molar-refractivity contribution in [3.8, 4) is 0 Å². The van der Waals surface area contributed by atoms with Gasteiger partial charge in [0, 0.05) is 6.07 Å². The molecule has 154 valence electrons. The number of amides is 2. The number of nitrogens with one attached hydrogen (secondary N) is 1. The van der Waals surface area contributed by atoms with Crippen molar-refractivity contribution in [2.45, 2.75) is 13.0 Å². The Morgan fingerprint density at radius 1 is 1.20 bits per heavy atom. The second-order valence-corrected chi connectivity index (χ2v) is 6.29. The Morgan fingerprint density at radius 3 is 2.43 bits per heavy atom. The van der Waals surface area contributed by atoms with Gasteiger partial charge in [-0.05, 0) is 24.6 Å². The van der Waals surface area contributed by atoms with Gasteiger partial charge in [-0.25, -0.2) is 19.6 Å². The minimum absolute atomic E-state index is 0.136. The fraction of sp³-hybridized carbons (Fsp3) is 0.158. The predicted molar refractivity (Wildman–Crippen MR) is 102 cm³/mol. The van der Waals surface area contributed by atoms with Gasteiger partial charge in [-0.3, -0.25) is 14.0 Å². The smallest absolute Gasteiger partial charge is 0.353 e. The van der Waals surface area contributed by atoms with Crippen LogP contribution in [0, 0.1) is 0 Å². The van der Waals surface area contributed by atoms with Crippen LogP contribution in [0.1, 0.15) is 60.4 Å². The lowest BCUT2D eigenvalue weighted by Crippen LogP contribution is -2.28. The summed E-state index contributed by atoms with van der Waals surface area (Å²) >= 11 is 0. The summed E-state index contributed by atoms with van der Waals surface area (Å²) in [5.41, 5.74) is 5.38. The van der Waals surface area contributed by atoms with Crippen molar-refractivity contribution in [3.63, 3.8) is 0 Å². The van der Waals surface area contributed by atoms with Gasteiger partial charge in [0.2, 0.25) is 0 Å². The van der Waals surface area contributed by atoms with Gasteiger partial charge in [-0.15, -0.1) is 0 Å². The van der Waals surface area contributed by atoms with Gasteiger partial charge in [0.05, 0.1) is 18.7 Å². The number of rotatable bonds is 6. The number of benzene rings is 1. The van der Waals surface area contributed by atoms with Gasteiger partial charge in [0.15, 0.2) is 11.3 Å². The van der Waals surface area contributed by atoms with Gasteiger partial charge in [0.1, 0.15) is 17.7 Å². The van der Waals surface area contributed by atoms with E-state index in [1.165, 1.54) is 7.11 Å². The Labute approximate surface area is 169 Å². The molecule has 0 saturated carbocycles. The van der Waals surface area contributed by atoms with E-state index in [-0.39, 0.29) is 22.7 Å². The average Bonchev–Trinajstić information content (AvgIpc) is 3.16. The van der Waals surface area contributed by atoms with E-state index in [0.29, 0.717) is 11.1 Å². The van der Waals surface area contributed by atoms with Crippen LogP contribution in [0.25, 0.3) is 5.65 Å². The minimum atomic E-state index is -1.34. The minimum Gasteiger partial charge on any atom is -0.477 e. The molecule has 1 atom stereocenters. The van der Waals surface area contributed by atoms with Crippen molar-refractivity contribution in [2.75, 3.05) is 7.11 Å². The summed E-state index contributed by atoms with van der Waals surface area (Å²) in [6.45, 7) is 1.70. The molecule has 3 aromatic rings. The Kier molecular flexibility index (Phi) is 5.45. The molecule has 0 radical (unpaired) electrons. The number of fused-ring (bicyclic) bond motifs is 1. The number of carbonyl (C=O) groups is 4. The van der Waals surface area contributed by atoms with Crippen molar-refractivity contribution >= 4 is 29.4 Å². The number of imidazole rings is 1.